The summed E-state index contributed by atoms with van der Waals surface area (Å²) in [5.41, 5.74) is 3.86. The third kappa shape index (κ3) is 5.35. The Morgan fingerprint density at radius 3 is 2.06 bits per heavy atom. The molecule has 0 unspecified atom stereocenters. The third-order valence-corrected chi connectivity index (χ3v) is 2.46. The lowest BCUT2D eigenvalue weighted by Gasteiger charge is -2.06. The zero-order chi connectivity index (χ0) is 13.3. The van der Waals surface area contributed by atoms with Gasteiger partial charge in [-0.25, -0.2) is 0 Å². The highest BCUT2D eigenvalue weighted by Crippen LogP contribution is 2.17. The van der Waals surface area contributed by atoms with Gasteiger partial charge in [0.15, 0.2) is 0 Å². The molecule has 0 aromatic heterocycles. The van der Waals surface area contributed by atoms with Gasteiger partial charge in [-0.1, -0.05) is 56.8 Å². The van der Waals surface area contributed by atoms with Crippen LogP contribution in [0.3, 0.4) is 0 Å². The Kier molecular flexibility index (Phi) is 7.79. The standard InChI is InChI=1S/C15H20.C2H4/c1-5-14(6-2)15-9-7-13(8-10-15)11-12(3)4;1-2/h5-10,12H,1,11H2,2-4H3;1-2H2/b14-6+;. The second-order valence-corrected chi connectivity index (χ2v) is 4.24. The molecule has 0 aliphatic rings. The Morgan fingerprint density at radius 2 is 1.71 bits per heavy atom. The van der Waals surface area contributed by atoms with Crippen LogP contribution in [0, 0.1) is 5.92 Å². The van der Waals surface area contributed by atoms with Crippen LogP contribution < -0.4 is 0 Å². The first kappa shape index (κ1) is 15.4. The maximum Gasteiger partial charge on any atom is -0.0187 e. The molecular formula is C17H24. The van der Waals surface area contributed by atoms with Gasteiger partial charge in [0.2, 0.25) is 0 Å². The lowest BCUT2D eigenvalue weighted by atomic mass is 9.99. The molecule has 92 valence electrons. The molecular weight excluding hydrogens is 204 g/mol. The predicted molar refractivity (Wildman–Crippen MR) is 80.1 cm³/mol. The maximum atomic E-state index is 3.81. The SMILES string of the molecule is C=C.C=C/C(=C\C)c1ccc(CC(C)C)cc1. The minimum Gasteiger partial charge on any atom is -0.106 e. The van der Waals surface area contributed by atoms with Crippen molar-refractivity contribution < 1.29 is 0 Å². The summed E-state index contributed by atoms with van der Waals surface area (Å²) >= 11 is 0. The van der Waals surface area contributed by atoms with E-state index in [0.717, 1.165) is 12.3 Å². The molecule has 0 aliphatic heterocycles. The number of hydrogen-bond donors (Lipinski definition) is 0. The lowest BCUT2D eigenvalue weighted by molar-refractivity contribution is 0.647. The van der Waals surface area contributed by atoms with Gasteiger partial charge < -0.3 is 0 Å². The third-order valence-electron chi connectivity index (χ3n) is 2.46. The monoisotopic (exact) mass is 228 g/mol. The van der Waals surface area contributed by atoms with Gasteiger partial charge in [0.1, 0.15) is 0 Å². The summed E-state index contributed by atoms with van der Waals surface area (Å²) in [5.74, 6) is 0.719. The highest BCUT2D eigenvalue weighted by molar-refractivity contribution is 5.73. The lowest BCUT2D eigenvalue weighted by Crippen LogP contribution is -1.93. The van der Waals surface area contributed by atoms with Crippen LogP contribution in [0.2, 0.25) is 0 Å². The van der Waals surface area contributed by atoms with Crippen LogP contribution >= 0.6 is 0 Å². The normalized spacial score (nSPS) is 10.7. The zero-order valence-electron chi connectivity index (χ0n) is 11.4. The van der Waals surface area contributed by atoms with E-state index in [0.29, 0.717) is 0 Å². The van der Waals surface area contributed by atoms with Gasteiger partial charge in [-0.2, -0.15) is 0 Å². The summed E-state index contributed by atoms with van der Waals surface area (Å²) in [6.45, 7) is 16.3. The van der Waals surface area contributed by atoms with Crippen molar-refractivity contribution >= 4 is 5.57 Å². The fourth-order valence-corrected chi connectivity index (χ4v) is 1.71. The van der Waals surface area contributed by atoms with Crippen molar-refractivity contribution in [2.75, 3.05) is 0 Å². The molecule has 17 heavy (non-hydrogen) atoms. The molecule has 0 aliphatic carbocycles. The Labute approximate surface area is 106 Å². The van der Waals surface area contributed by atoms with E-state index in [2.05, 4.69) is 63.9 Å². The fourth-order valence-electron chi connectivity index (χ4n) is 1.71. The molecule has 1 aromatic rings. The molecule has 0 fully saturated rings. The highest BCUT2D eigenvalue weighted by atomic mass is 14.0. The van der Waals surface area contributed by atoms with Crippen molar-refractivity contribution in [1.29, 1.82) is 0 Å². The highest BCUT2D eigenvalue weighted by Gasteiger charge is 1.99. The molecule has 0 atom stereocenters. The van der Waals surface area contributed by atoms with E-state index >= 15 is 0 Å². The smallest absolute Gasteiger partial charge is 0.0187 e. The molecule has 1 aromatic carbocycles. The largest absolute Gasteiger partial charge is 0.106 e. The fraction of sp³-hybridized carbons (Fsp3) is 0.294. The van der Waals surface area contributed by atoms with Gasteiger partial charge in [-0.3, -0.25) is 0 Å². The molecule has 0 N–H and O–H groups in total. The average Bonchev–Trinajstić information content (AvgIpc) is 2.35. The van der Waals surface area contributed by atoms with Crippen LogP contribution in [-0.2, 0) is 6.42 Å². The second-order valence-electron chi connectivity index (χ2n) is 4.24. The summed E-state index contributed by atoms with van der Waals surface area (Å²) in [5, 5.41) is 0. The number of benzene rings is 1. The van der Waals surface area contributed by atoms with Crippen molar-refractivity contribution in [3.8, 4) is 0 Å². The van der Waals surface area contributed by atoms with Crippen molar-refractivity contribution in [2.45, 2.75) is 27.2 Å². The van der Waals surface area contributed by atoms with Crippen LogP contribution in [-0.4, -0.2) is 0 Å². The van der Waals surface area contributed by atoms with Gasteiger partial charge in [-0.05, 0) is 36.0 Å². The van der Waals surface area contributed by atoms with Crippen LogP contribution in [0.5, 0.6) is 0 Å². The van der Waals surface area contributed by atoms with Gasteiger partial charge in [0.25, 0.3) is 0 Å². The van der Waals surface area contributed by atoms with E-state index in [1.165, 1.54) is 16.7 Å². The Balaban J connectivity index is 0.00000121. The molecule has 0 saturated heterocycles. The first-order chi connectivity index (χ1) is 8.17. The number of allylic oxidation sites excluding steroid dienone is 3. The summed E-state index contributed by atoms with van der Waals surface area (Å²) < 4.78 is 0. The topological polar surface area (TPSA) is 0 Å². The Morgan fingerprint density at radius 1 is 1.18 bits per heavy atom. The van der Waals surface area contributed by atoms with E-state index in [4.69, 9.17) is 0 Å². The second kappa shape index (κ2) is 8.58. The molecule has 0 nitrogen and oxygen atoms in total. The first-order valence-electron chi connectivity index (χ1n) is 6.05. The van der Waals surface area contributed by atoms with Crippen LogP contribution in [0.4, 0.5) is 0 Å². The number of hydrogen-bond acceptors (Lipinski definition) is 0. The molecule has 0 spiro atoms. The number of rotatable bonds is 4. The quantitative estimate of drug-likeness (QED) is 0.486. The molecule has 0 heterocycles. The molecule has 0 amide bonds. The summed E-state index contributed by atoms with van der Waals surface area (Å²) in [6, 6.07) is 8.77. The van der Waals surface area contributed by atoms with Crippen LogP contribution in [0.1, 0.15) is 31.9 Å². The van der Waals surface area contributed by atoms with Crippen molar-refractivity contribution in [3.63, 3.8) is 0 Å². The minimum atomic E-state index is 0.719. The average molecular weight is 228 g/mol. The zero-order valence-corrected chi connectivity index (χ0v) is 11.4. The molecule has 0 radical (unpaired) electrons. The van der Waals surface area contributed by atoms with Crippen LogP contribution in [0.15, 0.2) is 56.2 Å². The van der Waals surface area contributed by atoms with E-state index in [1.807, 2.05) is 13.0 Å². The molecule has 0 heteroatoms. The van der Waals surface area contributed by atoms with Crippen LogP contribution in [0.25, 0.3) is 5.57 Å². The molecule has 1 rings (SSSR count). The summed E-state index contributed by atoms with van der Waals surface area (Å²) in [7, 11) is 0. The molecule has 0 bridgehead atoms. The summed E-state index contributed by atoms with van der Waals surface area (Å²) in [6.07, 6.45) is 5.14. The summed E-state index contributed by atoms with van der Waals surface area (Å²) in [4.78, 5) is 0. The van der Waals surface area contributed by atoms with E-state index < -0.39 is 0 Å². The maximum absolute atomic E-state index is 3.81. The van der Waals surface area contributed by atoms with Crippen molar-refractivity contribution in [2.24, 2.45) is 5.92 Å². The van der Waals surface area contributed by atoms with Gasteiger partial charge in [-0.15, -0.1) is 13.2 Å². The minimum absolute atomic E-state index is 0.719. The van der Waals surface area contributed by atoms with Crippen molar-refractivity contribution in [1.82, 2.24) is 0 Å². The van der Waals surface area contributed by atoms with Gasteiger partial charge >= 0.3 is 0 Å². The van der Waals surface area contributed by atoms with E-state index in [1.54, 1.807) is 0 Å². The Bertz CT molecular complexity index is 352. The Hall–Kier alpha value is -1.56. The van der Waals surface area contributed by atoms with Gasteiger partial charge in [0.05, 0.1) is 0 Å². The van der Waals surface area contributed by atoms with E-state index in [-0.39, 0.29) is 0 Å². The first-order valence-corrected chi connectivity index (χ1v) is 6.05. The van der Waals surface area contributed by atoms with E-state index in [9.17, 15) is 0 Å². The van der Waals surface area contributed by atoms with Crippen molar-refractivity contribution in [3.05, 3.63) is 67.3 Å². The van der Waals surface area contributed by atoms with Gasteiger partial charge in [0, 0.05) is 0 Å². The predicted octanol–water partition coefficient (Wildman–Crippen LogP) is 5.28. The molecule has 0 saturated carbocycles.